The highest BCUT2D eigenvalue weighted by Crippen LogP contribution is 2.30. The highest BCUT2D eigenvalue weighted by atomic mass is 19.3. The number of carbonyl (C=O) groups excluding carboxylic acids is 1. The van der Waals surface area contributed by atoms with Gasteiger partial charge < -0.3 is 14.2 Å². The molecule has 9 heteroatoms. The average molecular weight is 353 g/mol. The van der Waals surface area contributed by atoms with E-state index in [1.807, 2.05) is 0 Å². The topological polar surface area (TPSA) is 87.9 Å². The third-order valence-electron chi connectivity index (χ3n) is 3.13. The second kappa shape index (κ2) is 8.04. The van der Waals surface area contributed by atoms with Crippen molar-refractivity contribution in [3.8, 4) is 11.5 Å². The van der Waals surface area contributed by atoms with Crippen LogP contribution in [0.5, 0.6) is 11.5 Å². The van der Waals surface area contributed by atoms with E-state index in [-0.39, 0.29) is 29.4 Å². The van der Waals surface area contributed by atoms with Crippen LogP contribution in [0.25, 0.3) is 0 Å². The van der Waals surface area contributed by atoms with Gasteiger partial charge in [-0.2, -0.15) is 8.78 Å². The molecule has 2 aromatic carbocycles. The lowest BCUT2D eigenvalue weighted by Gasteiger charge is -2.11. The van der Waals surface area contributed by atoms with E-state index in [1.54, 1.807) is 0 Å². The largest absolute Gasteiger partial charge is 0.493 e. The van der Waals surface area contributed by atoms with Crippen molar-refractivity contribution in [3.05, 3.63) is 63.7 Å². The Labute approximate surface area is 140 Å². The molecule has 2 aromatic rings. The van der Waals surface area contributed by atoms with Gasteiger partial charge in [-0.05, 0) is 23.8 Å². The van der Waals surface area contributed by atoms with Crippen molar-refractivity contribution in [3.63, 3.8) is 0 Å². The van der Waals surface area contributed by atoms with Gasteiger partial charge in [-0.15, -0.1) is 0 Å². The van der Waals surface area contributed by atoms with Crippen molar-refractivity contribution in [1.29, 1.82) is 0 Å². The summed E-state index contributed by atoms with van der Waals surface area (Å²) in [6, 6.07) is 9.40. The lowest BCUT2D eigenvalue weighted by molar-refractivity contribution is -0.385. The van der Waals surface area contributed by atoms with Gasteiger partial charge in [0.25, 0.3) is 5.69 Å². The number of nitro groups is 1. The highest BCUT2D eigenvalue weighted by molar-refractivity contribution is 5.93. The lowest BCUT2D eigenvalue weighted by atomic mass is 10.2. The Morgan fingerprint density at radius 2 is 1.92 bits per heavy atom. The standard InChI is InChI=1S/C16H13F2NO6/c1-23-14-8-10(6-7-13(14)25-16(17)18)9-24-15(20)11-4-2-3-5-12(11)19(21)22/h2-8,16H,9H2,1H3. The second-order valence-corrected chi connectivity index (χ2v) is 4.71. The van der Waals surface area contributed by atoms with Crippen LogP contribution in [0.1, 0.15) is 15.9 Å². The first-order valence-electron chi connectivity index (χ1n) is 6.94. The maximum absolute atomic E-state index is 12.3. The monoisotopic (exact) mass is 353 g/mol. The summed E-state index contributed by atoms with van der Waals surface area (Å²) in [5.41, 5.74) is -0.117. The molecular formula is C16H13F2NO6. The minimum Gasteiger partial charge on any atom is -0.493 e. The smallest absolute Gasteiger partial charge is 0.387 e. The molecule has 0 spiro atoms. The molecule has 0 atom stereocenters. The van der Waals surface area contributed by atoms with E-state index in [9.17, 15) is 23.7 Å². The molecule has 0 bridgehead atoms. The molecule has 0 amide bonds. The first-order chi connectivity index (χ1) is 11.9. The van der Waals surface area contributed by atoms with Crippen molar-refractivity contribution in [2.24, 2.45) is 0 Å². The molecule has 0 fully saturated rings. The molecule has 0 aliphatic carbocycles. The molecule has 0 radical (unpaired) electrons. The van der Waals surface area contributed by atoms with Gasteiger partial charge in [0.15, 0.2) is 11.5 Å². The third-order valence-corrected chi connectivity index (χ3v) is 3.13. The van der Waals surface area contributed by atoms with Crippen molar-refractivity contribution >= 4 is 11.7 Å². The number of methoxy groups -OCH3 is 1. The molecule has 132 valence electrons. The Bertz CT molecular complexity index is 781. The number of halogens is 2. The molecular weight excluding hydrogens is 340 g/mol. The number of hydrogen-bond acceptors (Lipinski definition) is 6. The molecule has 0 N–H and O–H groups in total. The zero-order valence-electron chi connectivity index (χ0n) is 13.0. The first kappa shape index (κ1) is 18.1. The number of nitrogens with zero attached hydrogens (tertiary/aromatic N) is 1. The van der Waals surface area contributed by atoms with Crippen molar-refractivity contribution in [2.75, 3.05) is 7.11 Å². The predicted molar refractivity (Wildman–Crippen MR) is 81.8 cm³/mol. The zero-order valence-corrected chi connectivity index (χ0v) is 13.0. The first-order valence-corrected chi connectivity index (χ1v) is 6.94. The molecule has 7 nitrogen and oxygen atoms in total. The van der Waals surface area contributed by atoms with Crippen LogP contribution in [0, 0.1) is 10.1 Å². The van der Waals surface area contributed by atoms with E-state index >= 15 is 0 Å². The molecule has 0 unspecified atom stereocenters. The molecule has 0 saturated heterocycles. The van der Waals surface area contributed by atoms with Gasteiger partial charge in [0, 0.05) is 6.07 Å². The van der Waals surface area contributed by atoms with E-state index in [0.29, 0.717) is 5.56 Å². The van der Waals surface area contributed by atoms with Gasteiger partial charge >= 0.3 is 12.6 Å². The SMILES string of the molecule is COc1cc(COC(=O)c2ccccc2[N+](=O)[O-])ccc1OC(F)F. The Kier molecular flexibility index (Phi) is 5.83. The van der Waals surface area contributed by atoms with Gasteiger partial charge in [0.2, 0.25) is 0 Å². The van der Waals surface area contributed by atoms with E-state index in [1.165, 1.54) is 49.6 Å². The number of benzene rings is 2. The van der Waals surface area contributed by atoms with Crippen molar-refractivity contribution < 1.29 is 32.7 Å². The van der Waals surface area contributed by atoms with E-state index in [4.69, 9.17) is 9.47 Å². The highest BCUT2D eigenvalue weighted by Gasteiger charge is 2.20. The summed E-state index contributed by atoms with van der Waals surface area (Å²) in [6.45, 7) is -3.23. The minimum atomic E-state index is -3.00. The van der Waals surface area contributed by atoms with E-state index in [2.05, 4.69) is 4.74 Å². The molecule has 25 heavy (non-hydrogen) atoms. The average Bonchev–Trinajstić information content (AvgIpc) is 2.60. The summed E-state index contributed by atoms with van der Waals surface area (Å²) < 4.78 is 38.8. The second-order valence-electron chi connectivity index (χ2n) is 4.71. The zero-order chi connectivity index (χ0) is 18.4. The summed E-state index contributed by atoms with van der Waals surface area (Å²) >= 11 is 0. The lowest BCUT2D eigenvalue weighted by Crippen LogP contribution is -2.08. The summed E-state index contributed by atoms with van der Waals surface area (Å²) in [5.74, 6) is -0.995. The van der Waals surface area contributed by atoms with Crippen LogP contribution in [0.3, 0.4) is 0 Å². The van der Waals surface area contributed by atoms with E-state index in [0.717, 1.165) is 0 Å². The van der Waals surface area contributed by atoms with Crippen molar-refractivity contribution in [2.45, 2.75) is 13.2 Å². The number of rotatable bonds is 7. The number of ether oxygens (including phenoxy) is 3. The normalized spacial score (nSPS) is 10.4. The number of esters is 1. The fourth-order valence-electron chi connectivity index (χ4n) is 2.03. The van der Waals surface area contributed by atoms with Crippen LogP contribution in [0.2, 0.25) is 0 Å². The van der Waals surface area contributed by atoms with Crippen LogP contribution >= 0.6 is 0 Å². The quantitative estimate of drug-likeness (QED) is 0.430. The maximum atomic E-state index is 12.3. The maximum Gasteiger partial charge on any atom is 0.387 e. The Balaban J connectivity index is 2.11. The fraction of sp³-hybridized carbons (Fsp3) is 0.188. The van der Waals surface area contributed by atoms with Crippen LogP contribution in [0.4, 0.5) is 14.5 Å². The molecule has 2 rings (SSSR count). The van der Waals surface area contributed by atoms with Crippen LogP contribution < -0.4 is 9.47 Å². The van der Waals surface area contributed by atoms with Crippen molar-refractivity contribution in [1.82, 2.24) is 0 Å². The van der Waals surface area contributed by atoms with Crippen LogP contribution in [0.15, 0.2) is 42.5 Å². The Hall–Kier alpha value is -3.23. The number of alkyl halides is 2. The number of carbonyl (C=O) groups is 1. The Morgan fingerprint density at radius 1 is 1.20 bits per heavy atom. The molecule has 0 aromatic heterocycles. The van der Waals surface area contributed by atoms with Gasteiger partial charge in [-0.25, -0.2) is 4.79 Å². The van der Waals surface area contributed by atoms with E-state index < -0.39 is 17.5 Å². The van der Waals surface area contributed by atoms with Gasteiger partial charge in [-0.1, -0.05) is 18.2 Å². The minimum absolute atomic E-state index is 0.0412. The Morgan fingerprint density at radius 3 is 2.56 bits per heavy atom. The summed E-state index contributed by atoms with van der Waals surface area (Å²) in [6.07, 6.45) is 0. The van der Waals surface area contributed by atoms with Crippen LogP contribution in [-0.4, -0.2) is 24.6 Å². The summed E-state index contributed by atoms with van der Waals surface area (Å²) in [7, 11) is 1.27. The van der Waals surface area contributed by atoms with Gasteiger partial charge in [0.1, 0.15) is 12.2 Å². The molecule has 0 aliphatic rings. The van der Waals surface area contributed by atoms with Gasteiger partial charge in [-0.3, -0.25) is 10.1 Å². The van der Waals surface area contributed by atoms with Gasteiger partial charge in [0.05, 0.1) is 12.0 Å². The summed E-state index contributed by atoms with van der Waals surface area (Å²) in [4.78, 5) is 22.3. The fourth-order valence-corrected chi connectivity index (χ4v) is 2.03. The molecule has 0 saturated carbocycles. The number of nitro benzene ring substituents is 1. The number of hydrogen-bond donors (Lipinski definition) is 0. The molecule has 0 aliphatic heterocycles. The predicted octanol–water partition coefficient (Wildman–Crippen LogP) is 3.56. The van der Waals surface area contributed by atoms with Crippen LogP contribution in [-0.2, 0) is 11.3 Å². The third kappa shape index (κ3) is 4.63. The number of para-hydroxylation sites is 1. The molecule has 0 heterocycles. The summed E-state index contributed by atoms with van der Waals surface area (Å²) in [5, 5.41) is 10.9.